The van der Waals surface area contributed by atoms with Crippen LogP contribution in [-0.4, -0.2) is 37.0 Å². The summed E-state index contributed by atoms with van der Waals surface area (Å²) < 4.78 is 5.28. The van der Waals surface area contributed by atoms with E-state index < -0.39 is 6.10 Å². The second kappa shape index (κ2) is 9.97. The molecular formula is C12H23NO2. The molecule has 0 aliphatic carbocycles. The molecule has 0 amide bonds. The third-order valence-electron chi connectivity index (χ3n) is 1.93. The highest BCUT2D eigenvalue weighted by molar-refractivity contribution is 4.82. The number of hydrogen-bond donors (Lipinski definition) is 2. The third-order valence-corrected chi connectivity index (χ3v) is 1.93. The standard InChI is InChI=1S/C12H23NO2/c1-4-5-6-7-8-13-9-12(14)10-15-11(2)3/h1,11-14H,5-10H2,2-3H3. The molecule has 0 aliphatic rings. The first-order chi connectivity index (χ1) is 7.16. The Morgan fingerprint density at radius 1 is 1.40 bits per heavy atom. The molecule has 0 bridgehead atoms. The molecule has 0 aromatic heterocycles. The number of aliphatic hydroxyl groups is 1. The highest BCUT2D eigenvalue weighted by Gasteiger charge is 2.04. The first-order valence-corrected chi connectivity index (χ1v) is 5.60. The Bertz CT molecular complexity index is 175. The van der Waals surface area contributed by atoms with Crippen molar-refractivity contribution in [1.82, 2.24) is 5.32 Å². The summed E-state index contributed by atoms with van der Waals surface area (Å²) in [5.41, 5.74) is 0. The molecule has 0 saturated carbocycles. The van der Waals surface area contributed by atoms with E-state index in [0.717, 1.165) is 25.8 Å². The average molecular weight is 213 g/mol. The van der Waals surface area contributed by atoms with E-state index in [1.54, 1.807) is 0 Å². The highest BCUT2D eigenvalue weighted by Crippen LogP contribution is 1.93. The minimum absolute atomic E-state index is 0.176. The Kier molecular flexibility index (Phi) is 9.60. The van der Waals surface area contributed by atoms with Crippen LogP contribution < -0.4 is 5.32 Å². The van der Waals surface area contributed by atoms with E-state index in [0.29, 0.717) is 13.2 Å². The normalized spacial score (nSPS) is 12.7. The molecule has 88 valence electrons. The van der Waals surface area contributed by atoms with E-state index in [1.807, 2.05) is 13.8 Å². The van der Waals surface area contributed by atoms with Crippen molar-refractivity contribution in [3.63, 3.8) is 0 Å². The van der Waals surface area contributed by atoms with Gasteiger partial charge in [0, 0.05) is 13.0 Å². The Hall–Kier alpha value is -0.560. The molecule has 3 heteroatoms. The topological polar surface area (TPSA) is 41.5 Å². The Balaban J connectivity index is 3.17. The number of terminal acetylenes is 1. The van der Waals surface area contributed by atoms with Gasteiger partial charge in [0.05, 0.1) is 18.8 Å². The molecule has 0 rings (SSSR count). The van der Waals surface area contributed by atoms with Gasteiger partial charge in [-0.15, -0.1) is 12.3 Å². The monoisotopic (exact) mass is 213 g/mol. The first-order valence-electron chi connectivity index (χ1n) is 5.60. The highest BCUT2D eigenvalue weighted by atomic mass is 16.5. The molecule has 0 fully saturated rings. The van der Waals surface area contributed by atoms with E-state index in [1.165, 1.54) is 0 Å². The van der Waals surface area contributed by atoms with Crippen LogP contribution in [0.3, 0.4) is 0 Å². The smallest absolute Gasteiger partial charge is 0.0897 e. The zero-order valence-corrected chi connectivity index (χ0v) is 9.83. The van der Waals surface area contributed by atoms with Gasteiger partial charge in [0.25, 0.3) is 0 Å². The van der Waals surface area contributed by atoms with Crippen LogP contribution in [0.2, 0.25) is 0 Å². The Morgan fingerprint density at radius 2 is 2.13 bits per heavy atom. The molecule has 15 heavy (non-hydrogen) atoms. The molecule has 0 aliphatic heterocycles. The predicted molar refractivity (Wildman–Crippen MR) is 62.6 cm³/mol. The molecule has 0 heterocycles. The van der Waals surface area contributed by atoms with E-state index in [9.17, 15) is 5.11 Å². The molecule has 1 unspecified atom stereocenters. The number of ether oxygens (including phenoxy) is 1. The number of nitrogens with one attached hydrogen (secondary N) is 1. The van der Waals surface area contributed by atoms with Gasteiger partial charge in [0.15, 0.2) is 0 Å². The molecule has 0 aromatic carbocycles. The van der Waals surface area contributed by atoms with Crippen LogP contribution in [0, 0.1) is 12.3 Å². The van der Waals surface area contributed by atoms with Gasteiger partial charge in [-0.05, 0) is 33.2 Å². The largest absolute Gasteiger partial charge is 0.389 e. The lowest BCUT2D eigenvalue weighted by molar-refractivity contribution is 0.00646. The molecule has 3 nitrogen and oxygen atoms in total. The molecule has 0 aromatic rings. The van der Waals surface area contributed by atoms with Gasteiger partial charge in [0.1, 0.15) is 0 Å². The third kappa shape index (κ3) is 11.4. The summed E-state index contributed by atoms with van der Waals surface area (Å²) in [6, 6.07) is 0. The summed E-state index contributed by atoms with van der Waals surface area (Å²) in [7, 11) is 0. The summed E-state index contributed by atoms with van der Waals surface area (Å²) in [5, 5.41) is 12.7. The van der Waals surface area contributed by atoms with Crippen molar-refractivity contribution in [2.24, 2.45) is 0 Å². The molecule has 0 saturated heterocycles. The lowest BCUT2D eigenvalue weighted by Crippen LogP contribution is -2.31. The number of aliphatic hydroxyl groups excluding tert-OH is 1. The molecule has 0 spiro atoms. The van der Waals surface area contributed by atoms with Crippen LogP contribution in [0.1, 0.15) is 33.1 Å². The Morgan fingerprint density at radius 3 is 2.73 bits per heavy atom. The first kappa shape index (κ1) is 14.4. The summed E-state index contributed by atoms with van der Waals surface area (Å²) in [5.74, 6) is 2.60. The van der Waals surface area contributed by atoms with Crippen LogP contribution in [0.4, 0.5) is 0 Å². The van der Waals surface area contributed by atoms with Crippen LogP contribution >= 0.6 is 0 Å². The van der Waals surface area contributed by atoms with Crippen molar-refractivity contribution in [3.8, 4) is 12.3 Å². The summed E-state index contributed by atoms with van der Waals surface area (Å²) >= 11 is 0. The lowest BCUT2D eigenvalue weighted by atomic mass is 10.2. The number of hydrogen-bond acceptors (Lipinski definition) is 3. The fourth-order valence-electron chi connectivity index (χ4n) is 1.11. The minimum atomic E-state index is -0.417. The van der Waals surface area contributed by atoms with Gasteiger partial charge in [-0.3, -0.25) is 0 Å². The predicted octanol–water partition coefficient (Wildman–Crippen LogP) is 1.17. The van der Waals surface area contributed by atoms with Crippen molar-refractivity contribution in [1.29, 1.82) is 0 Å². The van der Waals surface area contributed by atoms with E-state index in [4.69, 9.17) is 11.2 Å². The zero-order valence-electron chi connectivity index (χ0n) is 9.83. The van der Waals surface area contributed by atoms with Gasteiger partial charge in [-0.1, -0.05) is 0 Å². The van der Waals surface area contributed by atoms with Crippen molar-refractivity contribution in [2.45, 2.75) is 45.3 Å². The van der Waals surface area contributed by atoms with E-state index in [2.05, 4.69) is 11.2 Å². The average Bonchev–Trinajstić information content (AvgIpc) is 2.20. The van der Waals surface area contributed by atoms with Crippen LogP contribution in [0.15, 0.2) is 0 Å². The second-order valence-electron chi connectivity index (χ2n) is 3.90. The second-order valence-corrected chi connectivity index (χ2v) is 3.90. The van der Waals surface area contributed by atoms with Gasteiger partial charge in [-0.2, -0.15) is 0 Å². The van der Waals surface area contributed by atoms with Crippen LogP contribution in [0.25, 0.3) is 0 Å². The van der Waals surface area contributed by atoms with Gasteiger partial charge >= 0.3 is 0 Å². The maximum absolute atomic E-state index is 9.48. The van der Waals surface area contributed by atoms with Crippen molar-refractivity contribution in [3.05, 3.63) is 0 Å². The zero-order chi connectivity index (χ0) is 11.5. The molecular weight excluding hydrogens is 190 g/mol. The van der Waals surface area contributed by atoms with Gasteiger partial charge in [0.2, 0.25) is 0 Å². The summed E-state index contributed by atoms with van der Waals surface area (Å²) in [4.78, 5) is 0. The number of unbranched alkanes of at least 4 members (excludes halogenated alkanes) is 2. The van der Waals surface area contributed by atoms with Crippen LogP contribution in [-0.2, 0) is 4.74 Å². The minimum Gasteiger partial charge on any atom is -0.389 e. The fraction of sp³-hybridized carbons (Fsp3) is 0.833. The van der Waals surface area contributed by atoms with E-state index >= 15 is 0 Å². The van der Waals surface area contributed by atoms with Crippen molar-refractivity contribution >= 4 is 0 Å². The fourth-order valence-corrected chi connectivity index (χ4v) is 1.11. The maximum atomic E-state index is 9.48. The quantitative estimate of drug-likeness (QED) is 0.446. The lowest BCUT2D eigenvalue weighted by Gasteiger charge is -2.13. The summed E-state index contributed by atoms with van der Waals surface area (Å²) in [6.07, 6.45) is 7.83. The Labute approximate surface area is 93.2 Å². The number of rotatable bonds is 9. The molecule has 1 atom stereocenters. The van der Waals surface area contributed by atoms with E-state index in [-0.39, 0.29) is 6.10 Å². The van der Waals surface area contributed by atoms with Crippen LogP contribution in [0.5, 0.6) is 0 Å². The molecule has 2 N–H and O–H groups in total. The maximum Gasteiger partial charge on any atom is 0.0897 e. The summed E-state index contributed by atoms with van der Waals surface area (Å²) in [6.45, 7) is 5.80. The SMILES string of the molecule is C#CCCCCNCC(O)COC(C)C. The van der Waals surface area contributed by atoms with Crippen molar-refractivity contribution in [2.75, 3.05) is 19.7 Å². The van der Waals surface area contributed by atoms with Gasteiger partial charge in [-0.25, -0.2) is 0 Å². The van der Waals surface area contributed by atoms with Crippen molar-refractivity contribution < 1.29 is 9.84 Å². The van der Waals surface area contributed by atoms with Gasteiger partial charge < -0.3 is 15.2 Å². The molecule has 0 radical (unpaired) electrons.